The molecule has 0 amide bonds. The van der Waals surface area contributed by atoms with Crippen LogP contribution in [0.2, 0.25) is 0 Å². The van der Waals surface area contributed by atoms with Gasteiger partial charge in [-0.25, -0.2) is 0 Å². The fraction of sp³-hybridized carbons (Fsp3) is 0. The van der Waals surface area contributed by atoms with E-state index in [2.05, 4.69) is 194 Å². The van der Waals surface area contributed by atoms with Crippen LogP contribution in [-0.2, 0) is 0 Å². The summed E-state index contributed by atoms with van der Waals surface area (Å²) in [7, 11) is 0. The summed E-state index contributed by atoms with van der Waals surface area (Å²) in [5.74, 6) is 0. The van der Waals surface area contributed by atoms with Crippen LogP contribution in [0.3, 0.4) is 0 Å². The first kappa shape index (κ1) is 28.5. The smallest absolute Gasteiger partial charge is 0.00928 e. The second kappa shape index (κ2) is 11.6. The molecule has 0 saturated carbocycles. The highest BCUT2D eigenvalue weighted by atomic mass is 14.2. The molecule has 0 radical (unpaired) electrons. The Morgan fingerprint density at radius 2 is 0.560 bits per heavy atom. The average molecular weight is 633 g/mol. The van der Waals surface area contributed by atoms with E-state index in [0.29, 0.717) is 0 Å². The highest BCUT2D eigenvalue weighted by molar-refractivity contribution is 6.21. The summed E-state index contributed by atoms with van der Waals surface area (Å²) in [5, 5.41) is 12.8. The van der Waals surface area contributed by atoms with Gasteiger partial charge in [-0.2, -0.15) is 0 Å². The number of rotatable bonds is 4. The molecule has 0 nitrogen and oxygen atoms in total. The van der Waals surface area contributed by atoms with Gasteiger partial charge in [0.1, 0.15) is 0 Å². The fourth-order valence-corrected chi connectivity index (χ4v) is 7.77. The number of hydrogen-bond acceptors (Lipinski definition) is 0. The van der Waals surface area contributed by atoms with E-state index in [1.54, 1.807) is 0 Å². The van der Waals surface area contributed by atoms with Gasteiger partial charge in [-0.15, -0.1) is 0 Å². The van der Waals surface area contributed by atoms with Gasteiger partial charge >= 0.3 is 0 Å². The summed E-state index contributed by atoms with van der Waals surface area (Å²) in [5.41, 5.74) is 9.89. The fourth-order valence-electron chi connectivity index (χ4n) is 7.77. The molecule has 0 aliphatic carbocycles. The molecule has 50 heavy (non-hydrogen) atoms. The van der Waals surface area contributed by atoms with Crippen molar-refractivity contribution >= 4 is 53.9 Å². The molecule has 0 heteroatoms. The van der Waals surface area contributed by atoms with Crippen LogP contribution in [0, 0.1) is 0 Å². The Bertz CT molecular complexity index is 2890. The minimum absolute atomic E-state index is 1.22. The molecule has 0 spiro atoms. The summed E-state index contributed by atoms with van der Waals surface area (Å²) in [4.78, 5) is 0. The van der Waals surface area contributed by atoms with Crippen molar-refractivity contribution in [2.24, 2.45) is 0 Å². The van der Waals surface area contributed by atoms with Gasteiger partial charge in [0.15, 0.2) is 0 Å². The van der Waals surface area contributed by atoms with Crippen molar-refractivity contribution in [3.05, 3.63) is 194 Å². The SMILES string of the molecule is c1ccc2cc(-c3ccc(-c4ccc5cc(-c6ccc(-c7cc8c9ccccc9ccc8c8ccccc78)cc6)ccc5c4)cc3)ccc2c1. The predicted octanol–water partition coefficient (Wildman–Crippen LogP) is 14.1. The first-order valence-corrected chi connectivity index (χ1v) is 17.3. The van der Waals surface area contributed by atoms with Crippen molar-refractivity contribution in [2.75, 3.05) is 0 Å². The molecular weight excluding hydrogens is 601 g/mol. The zero-order chi connectivity index (χ0) is 33.0. The van der Waals surface area contributed by atoms with Crippen molar-refractivity contribution < 1.29 is 0 Å². The summed E-state index contributed by atoms with van der Waals surface area (Å²) >= 11 is 0. The Balaban J connectivity index is 0.955. The molecule has 0 aliphatic heterocycles. The molecule has 0 N–H and O–H groups in total. The molecular formula is C50H32. The van der Waals surface area contributed by atoms with E-state index in [9.17, 15) is 0 Å². The van der Waals surface area contributed by atoms with E-state index < -0.39 is 0 Å². The zero-order valence-electron chi connectivity index (χ0n) is 27.5. The van der Waals surface area contributed by atoms with Crippen molar-refractivity contribution in [2.45, 2.75) is 0 Å². The molecule has 0 unspecified atom stereocenters. The normalized spacial score (nSPS) is 11.6. The van der Waals surface area contributed by atoms with Crippen LogP contribution < -0.4 is 0 Å². The number of fused-ring (bicyclic) bond motifs is 7. The molecule has 10 rings (SSSR count). The standard InChI is InChI=1S/C50H32/c1-2-9-39-29-40(22-19-33(39)7-1)34-13-15-35(16-14-34)41-23-25-44-31-42(24-26-43(44)30-41)36-17-20-38(21-18-36)49-32-50-45-10-4-3-8-37(45)27-28-48(50)46-11-5-6-12-47(46)49/h1-32H. The van der Waals surface area contributed by atoms with E-state index in [1.165, 1.54) is 98.4 Å². The maximum absolute atomic E-state index is 2.39. The lowest BCUT2D eigenvalue weighted by Crippen LogP contribution is -1.87. The molecule has 0 saturated heterocycles. The molecule has 10 aromatic carbocycles. The third-order valence-corrected chi connectivity index (χ3v) is 10.4. The summed E-state index contributed by atoms with van der Waals surface area (Å²) in [6.45, 7) is 0. The Labute approximate surface area is 291 Å². The molecule has 10 aromatic rings. The van der Waals surface area contributed by atoms with Crippen LogP contribution in [0.25, 0.3) is 98.4 Å². The van der Waals surface area contributed by atoms with Gasteiger partial charge in [0.2, 0.25) is 0 Å². The number of benzene rings is 10. The van der Waals surface area contributed by atoms with Crippen molar-refractivity contribution in [3.63, 3.8) is 0 Å². The minimum atomic E-state index is 1.22. The van der Waals surface area contributed by atoms with Crippen LogP contribution >= 0.6 is 0 Å². The van der Waals surface area contributed by atoms with Gasteiger partial charge in [-0.3, -0.25) is 0 Å². The molecule has 0 fully saturated rings. The number of hydrogen-bond donors (Lipinski definition) is 0. The van der Waals surface area contributed by atoms with E-state index in [-0.39, 0.29) is 0 Å². The summed E-state index contributed by atoms with van der Waals surface area (Å²) in [6.07, 6.45) is 0. The average Bonchev–Trinajstić information content (AvgIpc) is 3.20. The molecule has 0 heterocycles. The first-order chi connectivity index (χ1) is 24.7. The quantitative estimate of drug-likeness (QED) is 0.169. The third kappa shape index (κ3) is 4.85. The second-order valence-corrected chi connectivity index (χ2v) is 13.3. The molecule has 0 aliphatic rings. The molecule has 0 atom stereocenters. The van der Waals surface area contributed by atoms with Crippen LogP contribution in [0.1, 0.15) is 0 Å². The van der Waals surface area contributed by atoms with Crippen LogP contribution in [0.4, 0.5) is 0 Å². The lowest BCUT2D eigenvalue weighted by Gasteiger charge is -2.14. The first-order valence-electron chi connectivity index (χ1n) is 17.3. The van der Waals surface area contributed by atoms with E-state index in [4.69, 9.17) is 0 Å². The summed E-state index contributed by atoms with van der Waals surface area (Å²) < 4.78 is 0. The third-order valence-electron chi connectivity index (χ3n) is 10.4. The maximum atomic E-state index is 2.39. The Morgan fingerprint density at radius 1 is 0.180 bits per heavy atom. The maximum Gasteiger partial charge on any atom is -0.00928 e. The Morgan fingerprint density at radius 3 is 1.16 bits per heavy atom. The van der Waals surface area contributed by atoms with Crippen molar-refractivity contribution in [1.29, 1.82) is 0 Å². The van der Waals surface area contributed by atoms with E-state index in [1.807, 2.05) is 0 Å². The van der Waals surface area contributed by atoms with Gasteiger partial charge < -0.3 is 0 Å². The molecule has 0 bridgehead atoms. The predicted molar refractivity (Wildman–Crippen MR) is 216 cm³/mol. The lowest BCUT2D eigenvalue weighted by molar-refractivity contribution is 1.61. The second-order valence-electron chi connectivity index (χ2n) is 13.3. The zero-order valence-corrected chi connectivity index (χ0v) is 27.5. The Hall–Kier alpha value is -6.50. The van der Waals surface area contributed by atoms with Crippen LogP contribution in [-0.4, -0.2) is 0 Å². The van der Waals surface area contributed by atoms with Gasteiger partial charge in [-0.05, 0) is 123 Å². The van der Waals surface area contributed by atoms with Crippen molar-refractivity contribution in [1.82, 2.24) is 0 Å². The summed E-state index contributed by atoms with van der Waals surface area (Å²) in [6, 6.07) is 71.3. The van der Waals surface area contributed by atoms with Crippen molar-refractivity contribution in [3.8, 4) is 44.5 Å². The monoisotopic (exact) mass is 632 g/mol. The van der Waals surface area contributed by atoms with Gasteiger partial charge in [-0.1, -0.05) is 170 Å². The van der Waals surface area contributed by atoms with Crippen LogP contribution in [0.5, 0.6) is 0 Å². The van der Waals surface area contributed by atoms with E-state index >= 15 is 0 Å². The van der Waals surface area contributed by atoms with Gasteiger partial charge in [0.25, 0.3) is 0 Å². The topological polar surface area (TPSA) is 0 Å². The molecule has 0 aromatic heterocycles. The molecule has 232 valence electrons. The highest BCUT2D eigenvalue weighted by Crippen LogP contribution is 2.39. The van der Waals surface area contributed by atoms with Gasteiger partial charge in [0, 0.05) is 0 Å². The highest BCUT2D eigenvalue weighted by Gasteiger charge is 2.12. The van der Waals surface area contributed by atoms with Gasteiger partial charge in [0.05, 0.1) is 0 Å². The largest absolute Gasteiger partial charge is 0.0616 e. The Kier molecular flexibility index (Phi) is 6.60. The lowest BCUT2D eigenvalue weighted by atomic mass is 9.90. The van der Waals surface area contributed by atoms with E-state index in [0.717, 1.165) is 0 Å². The van der Waals surface area contributed by atoms with Crippen LogP contribution in [0.15, 0.2) is 194 Å². The minimum Gasteiger partial charge on any atom is -0.0616 e.